The molecule has 1 fully saturated rings. The Balaban J connectivity index is 1.97. The Bertz CT molecular complexity index is 428. The van der Waals surface area contributed by atoms with Crippen molar-refractivity contribution in [2.24, 2.45) is 0 Å². The van der Waals surface area contributed by atoms with Crippen LogP contribution in [0.5, 0.6) is 0 Å². The number of alkyl halides is 3. The second-order valence-corrected chi connectivity index (χ2v) is 5.41. The van der Waals surface area contributed by atoms with Gasteiger partial charge in [-0.1, -0.05) is 25.5 Å². The molecule has 1 aromatic carbocycles. The molecule has 2 rings (SSSR count). The van der Waals surface area contributed by atoms with Crippen LogP contribution in [0.4, 0.5) is 13.2 Å². The largest absolute Gasteiger partial charge is 0.416 e. The van der Waals surface area contributed by atoms with Crippen molar-refractivity contribution in [1.29, 1.82) is 0 Å². The number of ether oxygens (including phenoxy) is 2. The van der Waals surface area contributed by atoms with Crippen LogP contribution in [0.3, 0.4) is 0 Å². The molecule has 1 aliphatic rings. The molecule has 1 heterocycles. The molecule has 1 saturated heterocycles. The molecular weight excluding hydrogens is 281 g/mol. The summed E-state index contributed by atoms with van der Waals surface area (Å²) in [4.78, 5) is 0. The second kappa shape index (κ2) is 6.79. The molecule has 1 aromatic rings. The molecule has 1 aliphatic heterocycles. The molecule has 0 spiro atoms. The zero-order chi connectivity index (χ0) is 15.3. The van der Waals surface area contributed by atoms with Gasteiger partial charge in [-0.15, -0.1) is 0 Å². The molecule has 0 N–H and O–H groups in total. The van der Waals surface area contributed by atoms with Crippen molar-refractivity contribution in [1.82, 2.24) is 0 Å². The molecule has 21 heavy (non-hydrogen) atoms. The molecule has 118 valence electrons. The van der Waals surface area contributed by atoms with Crippen LogP contribution in [-0.4, -0.2) is 19.0 Å². The zero-order valence-electron chi connectivity index (χ0n) is 12.2. The van der Waals surface area contributed by atoms with Gasteiger partial charge in [0.1, 0.15) is 0 Å². The van der Waals surface area contributed by atoms with Crippen LogP contribution >= 0.6 is 0 Å². The van der Waals surface area contributed by atoms with E-state index < -0.39 is 17.5 Å². The van der Waals surface area contributed by atoms with Crippen molar-refractivity contribution in [3.8, 4) is 0 Å². The van der Waals surface area contributed by atoms with Crippen LogP contribution in [-0.2, 0) is 22.1 Å². The van der Waals surface area contributed by atoms with Gasteiger partial charge < -0.3 is 9.47 Å². The van der Waals surface area contributed by atoms with E-state index in [0.29, 0.717) is 26.1 Å². The Hall–Kier alpha value is -1.07. The van der Waals surface area contributed by atoms with Gasteiger partial charge in [0.25, 0.3) is 0 Å². The molecule has 0 aromatic heterocycles. The van der Waals surface area contributed by atoms with Crippen LogP contribution < -0.4 is 0 Å². The average Bonchev–Trinajstić information content (AvgIpc) is 2.46. The molecular formula is C16H21F3O2. The molecule has 0 aliphatic carbocycles. The lowest BCUT2D eigenvalue weighted by molar-refractivity contribution is -0.273. The van der Waals surface area contributed by atoms with Crippen molar-refractivity contribution < 1.29 is 22.6 Å². The summed E-state index contributed by atoms with van der Waals surface area (Å²) in [5, 5.41) is 0. The van der Waals surface area contributed by atoms with E-state index in [-0.39, 0.29) is 0 Å². The van der Waals surface area contributed by atoms with Gasteiger partial charge in [0.05, 0.1) is 18.8 Å². The summed E-state index contributed by atoms with van der Waals surface area (Å²) in [7, 11) is 0. The van der Waals surface area contributed by atoms with Crippen molar-refractivity contribution in [3.63, 3.8) is 0 Å². The summed E-state index contributed by atoms with van der Waals surface area (Å²) < 4.78 is 49.2. The lowest BCUT2D eigenvalue weighted by Crippen LogP contribution is -2.41. The number of benzene rings is 1. The molecule has 5 heteroatoms. The number of rotatable bonds is 5. The lowest BCUT2D eigenvalue weighted by atomic mass is 9.99. The van der Waals surface area contributed by atoms with E-state index in [2.05, 4.69) is 6.92 Å². The predicted octanol–water partition coefficient (Wildman–Crippen LogP) is 4.57. The number of hydrogen-bond acceptors (Lipinski definition) is 2. The van der Waals surface area contributed by atoms with Crippen LogP contribution in [0.25, 0.3) is 0 Å². The maximum absolute atomic E-state index is 12.5. The van der Waals surface area contributed by atoms with Gasteiger partial charge in [-0.2, -0.15) is 13.2 Å². The smallest absolute Gasteiger partial charge is 0.350 e. The van der Waals surface area contributed by atoms with Crippen LogP contribution in [0.15, 0.2) is 24.3 Å². The summed E-state index contributed by atoms with van der Waals surface area (Å²) >= 11 is 0. The van der Waals surface area contributed by atoms with E-state index in [1.807, 2.05) is 0 Å². The van der Waals surface area contributed by atoms with E-state index >= 15 is 0 Å². The first-order valence-electron chi connectivity index (χ1n) is 7.39. The summed E-state index contributed by atoms with van der Waals surface area (Å²) in [6.45, 7) is 3.45. The third kappa shape index (κ3) is 4.45. The fourth-order valence-electron chi connectivity index (χ4n) is 2.61. The third-order valence-corrected chi connectivity index (χ3v) is 3.73. The van der Waals surface area contributed by atoms with Gasteiger partial charge in [-0.05, 0) is 30.5 Å². The quantitative estimate of drug-likeness (QED) is 0.793. The first-order valence-corrected chi connectivity index (χ1v) is 7.39. The van der Waals surface area contributed by atoms with Crippen molar-refractivity contribution >= 4 is 0 Å². The summed E-state index contributed by atoms with van der Waals surface area (Å²) in [6.07, 6.45) is -0.297. The zero-order valence-corrected chi connectivity index (χ0v) is 12.2. The fraction of sp³-hybridized carbons (Fsp3) is 0.625. The van der Waals surface area contributed by atoms with Gasteiger partial charge in [0, 0.05) is 12.8 Å². The van der Waals surface area contributed by atoms with Crippen LogP contribution in [0.1, 0.15) is 43.7 Å². The first-order chi connectivity index (χ1) is 9.95. The maximum atomic E-state index is 12.5. The highest BCUT2D eigenvalue weighted by molar-refractivity contribution is 5.24. The van der Waals surface area contributed by atoms with Gasteiger partial charge >= 0.3 is 6.18 Å². The fourth-order valence-corrected chi connectivity index (χ4v) is 2.61. The van der Waals surface area contributed by atoms with E-state index in [4.69, 9.17) is 9.47 Å². The van der Waals surface area contributed by atoms with E-state index in [9.17, 15) is 13.2 Å². The molecule has 0 atom stereocenters. The molecule has 0 radical (unpaired) electrons. The highest BCUT2D eigenvalue weighted by Crippen LogP contribution is 2.31. The highest BCUT2D eigenvalue weighted by Gasteiger charge is 2.33. The van der Waals surface area contributed by atoms with Crippen molar-refractivity contribution in [2.75, 3.05) is 13.2 Å². The van der Waals surface area contributed by atoms with Gasteiger partial charge in [-0.25, -0.2) is 0 Å². The maximum Gasteiger partial charge on any atom is 0.416 e. The van der Waals surface area contributed by atoms with E-state index in [1.165, 1.54) is 12.1 Å². The van der Waals surface area contributed by atoms with Gasteiger partial charge in [0.15, 0.2) is 5.79 Å². The first kappa shape index (κ1) is 16.3. The minimum Gasteiger partial charge on any atom is -0.350 e. The Morgan fingerprint density at radius 3 is 2.19 bits per heavy atom. The molecule has 0 unspecified atom stereocenters. The Kier molecular flexibility index (Phi) is 5.27. The van der Waals surface area contributed by atoms with Crippen LogP contribution in [0, 0.1) is 0 Å². The Morgan fingerprint density at radius 1 is 1.05 bits per heavy atom. The summed E-state index contributed by atoms with van der Waals surface area (Å²) in [5.41, 5.74) is 0.260. The molecule has 2 nitrogen and oxygen atoms in total. The Morgan fingerprint density at radius 2 is 1.67 bits per heavy atom. The number of aryl methyl sites for hydroxylation is 1. The predicted molar refractivity (Wildman–Crippen MR) is 73.9 cm³/mol. The Labute approximate surface area is 123 Å². The molecule has 0 saturated carbocycles. The third-order valence-electron chi connectivity index (χ3n) is 3.73. The molecule has 0 amide bonds. The van der Waals surface area contributed by atoms with Crippen molar-refractivity contribution in [2.45, 2.75) is 51.0 Å². The number of halogens is 3. The molecule has 0 bridgehead atoms. The van der Waals surface area contributed by atoms with E-state index in [0.717, 1.165) is 37.0 Å². The van der Waals surface area contributed by atoms with Crippen LogP contribution in [0.2, 0.25) is 0 Å². The second-order valence-electron chi connectivity index (χ2n) is 5.41. The standard InChI is InChI=1S/C16H21F3O2/c1-2-9-15(20-11-3-12-21-15)10-8-13-4-6-14(7-5-13)16(17,18)19/h4-7H,2-3,8-12H2,1H3. The van der Waals surface area contributed by atoms with E-state index in [1.54, 1.807) is 0 Å². The highest BCUT2D eigenvalue weighted by atomic mass is 19.4. The minimum atomic E-state index is -4.28. The van der Waals surface area contributed by atoms with Crippen molar-refractivity contribution in [3.05, 3.63) is 35.4 Å². The monoisotopic (exact) mass is 302 g/mol. The SMILES string of the molecule is CCCC1(CCc2ccc(C(F)(F)F)cc2)OCCCO1. The van der Waals surface area contributed by atoms with Gasteiger partial charge in [0.2, 0.25) is 0 Å². The van der Waals surface area contributed by atoms with Gasteiger partial charge in [-0.3, -0.25) is 0 Å². The summed E-state index contributed by atoms with van der Waals surface area (Å²) in [5.74, 6) is -0.560. The summed E-state index contributed by atoms with van der Waals surface area (Å²) in [6, 6.07) is 5.32. The average molecular weight is 302 g/mol. The minimum absolute atomic E-state index is 0.560. The topological polar surface area (TPSA) is 18.5 Å². The normalized spacial score (nSPS) is 18.7. The number of hydrogen-bond donors (Lipinski definition) is 0. The lowest BCUT2D eigenvalue weighted by Gasteiger charge is -2.37.